The fraction of sp³-hybridized carbons (Fsp3) is 0.600. The van der Waals surface area contributed by atoms with Gasteiger partial charge in [0.15, 0.2) is 0 Å². The van der Waals surface area contributed by atoms with E-state index >= 15 is 0 Å². The number of rotatable bonds is 0. The van der Waals surface area contributed by atoms with Gasteiger partial charge in [0.1, 0.15) is 0 Å². The van der Waals surface area contributed by atoms with Crippen LogP contribution in [0.2, 0.25) is 0 Å². The van der Waals surface area contributed by atoms with Crippen LogP contribution in [0, 0.1) is 16.4 Å². The van der Waals surface area contributed by atoms with Gasteiger partial charge in [0.25, 0.3) is 0 Å². The van der Waals surface area contributed by atoms with Crippen LogP contribution in [-0.2, 0) is 0 Å². The third kappa shape index (κ3) is 4.16. The molecule has 0 saturated carbocycles. The van der Waals surface area contributed by atoms with Gasteiger partial charge in [-0.3, -0.25) is 0 Å². The zero-order valence-electron chi connectivity index (χ0n) is 4.58. The van der Waals surface area contributed by atoms with Crippen molar-refractivity contribution in [2.75, 3.05) is 0 Å². The second-order valence-electron chi connectivity index (χ2n) is 1.55. The Hall–Kier alpha value is 0.157. The standard InChI is InChI=1S/C5H7.Li/c1-4-5(2)3;/h5H,2-3H3;. The van der Waals surface area contributed by atoms with Gasteiger partial charge >= 0.3 is 48.0 Å². The average molecular weight is 74.1 g/mol. The van der Waals surface area contributed by atoms with Crippen molar-refractivity contribution in [3.8, 4) is 10.5 Å². The summed E-state index contributed by atoms with van der Waals surface area (Å²) in [4.78, 5) is 0. The SMILES string of the molecule is [Li][C]#CC(C)C. The molecule has 0 nitrogen and oxygen atoms in total. The van der Waals surface area contributed by atoms with Crippen molar-refractivity contribution >= 4 is 17.7 Å². The molecular formula is C5H7Li. The summed E-state index contributed by atoms with van der Waals surface area (Å²) in [6.07, 6.45) is 0. The van der Waals surface area contributed by atoms with Crippen LogP contribution in [0.5, 0.6) is 0 Å². The van der Waals surface area contributed by atoms with Crippen molar-refractivity contribution in [3.05, 3.63) is 0 Å². The normalized spacial score (nSPS) is 7.50. The molecule has 6 heavy (non-hydrogen) atoms. The van der Waals surface area contributed by atoms with E-state index in [4.69, 9.17) is 0 Å². The predicted molar refractivity (Wildman–Crippen MR) is 28.4 cm³/mol. The van der Waals surface area contributed by atoms with E-state index in [1.54, 1.807) is 0 Å². The molecule has 0 unspecified atom stereocenters. The topological polar surface area (TPSA) is 0 Å². The molecule has 0 rings (SSSR count). The molecule has 0 fully saturated rings. The van der Waals surface area contributed by atoms with Crippen molar-refractivity contribution in [1.82, 2.24) is 0 Å². The van der Waals surface area contributed by atoms with E-state index in [1.807, 2.05) is 17.7 Å². The van der Waals surface area contributed by atoms with E-state index < -0.39 is 0 Å². The fourth-order valence-corrected chi connectivity index (χ4v) is 0.289. The van der Waals surface area contributed by atoms with Gasteiger partial charge in [0, 0.05) is 0 Å². The molecule has 0 aromatic rings. The second-order valence-corrected chi connectivity index (χ2v) is 1.55. The van der Waals surface area contributed by atoms with Gasteiger partial charge in [-0.25, -0.2) is 0 Å². The first-order valence-electron chi connectivity index (χ1n) is 2.19. The molecule has 0 atom stereocenters. The van der Waals surface area contributed by atoms with Crippen molar-refractivity contribution in [2.45, 2.75) is 13.8 Å². The van der Waals surface area contributed by atoms with Gasteiger partial charge in [-0.1, -0.05) is 0 Å². The van der Waals surface area contributed by atoms with Gasteiger partial charge in [-0.2, -0.15) is 0 Å². The summed E-state index contributed by atoms with van der Waals surface area (Å²) in [5, 5.41) is 0. The Morgan fingerprint density at radius 2 is 2.00 bits per heavy atom. The van der Waals surface area contributed by atoms with Crippen LogP contribution in [0.4, 0.5) is 0 Å². The minimum atomic E-state index is 0.537. The Labute approximate surface area is 48.5 Å². The molecule has 0 amide bonds. The molecular weight excluding hydrogens is 67.0 g/mol. The summed E-state index contributed by atoms with van der Waals surface area (Å²) in [6.45, 7) is 4.16. The van der Waals surface area contributed by atoms with E-state index in [0.29, 0.717) is 5.92 Å². The maximum atomic E-state index is 2.96. The summed E-state index contributed by atoms with van der Waals surface area (Å²) >= 11 is 1.86. The van der Waals surface area contributed by atoms with Crippen LogP contribution in [0.3, 0.4) is 0 Å². The molecule has 0 radical (unpaired) electrons. The van der Waals surface area contributed by atoms with Crippen molar-refractivity contribution in [3.63, 3.8) is 0 Å². The molecule has 0 aliphatic rings. The van der Waals surface area contributed by atoms with Crippen LogP contribution in [-0.4, -0.2) is 17.7 Å². The molecule has 0 bridgehead atoms. The Morgan fingerprint density at radius 1 is 1.50 bits per heavy atom. The molecule has 0 saturated heterocycles. The zero-order valence-corrected chi connectivity index (χ0v) is 4.58. The summed E-state index contributed by atoms with van der Waals surface area (Å²) in [6, 6.07) is 0. The number of hydrogen-bond acceptors (Lipinski definition) is 0. The fourth-order valence-electron chi connectivity index (χ4n) is 0.289. The molecule has 0 aromatic carbocycles. The Bertz CT molecular complexity index is 73.7. The number of hydrogen-bond donors (Lipinski definition) is 0. The van der Waals surface area contributed by atoms with Crippen LogP contribution < -0.4 is 0 Å². The summed E-state index contributed by atoms with van der Waals surface area (Å²) in [5.74, 6) is 3.50. The average Bonchev–Trinajstić information content (AvgIpc) is 1.35. The third-order valence-electron chi connectivity index (χ3n) is 0.433. The van der Waals surface area contributed by atoms with Crippen LogP contribution >= 0.6 is 0 Å². The molecule has 0 aliphatic carbocycles. The first kappa shape index (κ1) is 6.16. The molecule has 0 N–H and O–H groups in total. The van der Waals surface area contributed by atoms with Gasteiger partial charge < -0.3 is 0 Å². The van der Waals surface area contributed by atoms with Crippen LogP contribution in [0.15, 0.2) is 0 Å². The zero-order chi connectivity index (χ0) is 4.99. The second kappa shape index (κ2) is 3.35. The van der Waals surface area contributed by atoms with E-state index in [9.17, 15) is 0 Å². The van der Waals surface area contributed by atoms with E-state index in [1.165, 1.54) is 0 Å². The quantitative estimate of drug-likeness (QED) is 0.294. The molecule has 0 aliphatic heterocycles. The predicted octanol–water partition coefficient (Wildman–Crippen LogP) is 0.772. The van der Waals surface area contributed by atoms with Gasteiger partial charge in [0.05, 0.1) is 0 Å². The first-order valence-corrected chi connectivity index (χ1v) is 2.19. The Kier molecular flexibility index (Phi) is 3.44. The van der Waals surface area contributed by atoms with Gasteiger partial charge in [0.2, 0.25) is 0 Å². The van der Waals surface area contributed by atoms with Gasteiger partial charge in [-0.15, -0.1) is 0 Å². The molecule has 1 heteroatoms. The molecule has 0 aromatic heterocycles. The van der Waals surface area contributed by atoms with E-state index in [-0.39, 0.29) is 0 Å². The molecule has 0 heterocycles. The minimum absolute atomic E-state index is 0.537. The summed E-state index contributed by atoms with van der Waals surface area (Å²) in [5.41, 5.74) is 0. The first-order chi connectivity index (χ1) is 2.77. The maximum absolute atomic E-state index is 2.96. The van der Waals surface area contributed by atoms with E-state index in [2.05, 4.69) is 24.4 Å². The molecule has 28 valence electrons. The Balaban J connectivity index is 3.20. The van der Waals surface area contributed by atoms with Gasteiger partial charge in [-0.05, 0) is 0 Å². The van der Waals surface area contributed by atoms with Crippen molar-refractivity contribution < 1.29 is 0 Å². The Morgan fingerprint density at radius 3 is 2.00 bits per heavy atom. The van der Waals surface area contributed by atoms with Crippen LogP contribution in [0.25, 0.3) is 0 Å². The van der Waals surface area contributed by atoms with E-state index in [0.717, 1.165) is 0 Å². The molecule has 0 spiro atoms. The van der Waals surface area contributed by atoms with Crippen molar-refractivity contribution in [2.24, 2.45) is 5.92 Å². The van der Waals surface area contributed by atoms with Crippen LogP contribution in [0.1, 0.15) is 13.8 Å². The monoisotopic (exact) mass is 74.1 g/mol. The summed E-state index contributed by atoms with van der Waals surface area (Å²) < 4.78 is 2.82. The summed E-state index contributed by atoms with van der Waals surface area (Å²) in [7, 11) is 0. The van der Waals surface area contributed by atoms with Crippen molar-refractivity contribution in [1.29, 1.82) is 0 Å². The third-order valence-corrected chi connectivity index (χ3v) is 0.433.